The maximum absolute atomic E-state index is 12.0. The van der Waals surface area contributed by atoms with Crippen LogP contribution in [-0.4, -0.2) is 25.7 Å². The van der Waals surface area contributed by atoms with Crippen molar-refractivity contribution in [2.45, 2.75) is 12.8 Å². The number of fused-ring (bicyclic) bond motifs is 1. The van der Waals surface area contributed by atoms with Gasteiger partial charge in [0.1, 0.15) is 5.75 Å². The van der Waals surface area contributed by atoms with E-state index in [0.717, 1.165) is 17.7 Å². The summed E-state index contributed by atoms with van der Waals surface area (Å²) in [6.45, 7) is 0.219. The Morgan fingerprint density at radius 3 is 2.56 bits per heavy atom. The fraction of sp³-hybridized carbons (Fsp3) is 0.182. The smallest absolute Gasteiger partial charge is 0.158 e. The number of carbonyl (C=O) groups is 1. The Bertz CT molecular complexity index is 877. The predicted octanol–water partition coefficient (Wildman–Crippen LogP) is 4.27. The Morgan fingerprint density at radius 1 is 1.00 bits per heavy atom. The number of carbonyl (C=O) groups excluding carboxylic acids is 1. The maximum Gasteiger partial charge on any atom is 0.158 e. The predicted molar refractivity (Wildman–Crippen MR) is 103 cm³/mol. The third-order valence-electron chi connectivity index (χ3n) is 4.15. The summed E-state index contributed by atoms with van der Waals surface area (Å²) in [7, 11) is 1.63. The van der Waals surface area contributed by atoms with Crippen molar-refractivity contribution in [2.75, 3.05) is 13.7 Å². The van der Waals surface area contributed by atoms with Crippen LogP contribution < -0.4 is 4.74 Å². The Kier molecular flexibility index (Phi) is 5.57. The zero-order valence-corrected chi connectivity index (χ0v) is 14.3. The minimum absolute atomic E-state index is 0.110. The molecule has 3 heteroatoms. The van der Waals surface area contributed by atoms with Crippen LogP contribution >= 0.6 is 0 Å². The molecule has 0 aromatic heterocycles. The van der Waals surface area contributed by atoms with Crippen molar-refractivity contribution >= 4 is 22.8 Å². The molecule has 3 aromatic carbocycles. The van der Waals surface area contributed by atoms with Crippen LogP contribution in [0.3, 0.4) is 0 Å². The van der Waals surface area contributed by atoms with Gasteiger partial charge in [-0.3, -0.25) is 9.79 Å². The molecular weight excluding hydrogens is 310 g/mol. The molecule has 0 heterocycles. The van der Waals surface area contributed by atoms with E-state index in [-0.39, 0.29) is 12.3 Å². The van der Waals surface area contributed by atoms with E-state index in [1.54, 1.807) is 7.11 Å². The van der Waals surface area contributed by atoms with Gasteiger partial charge in [-0.1, -0.05) is 54.6 Å². The summed E-state index contributed by atoms with van der Waals surface area (Å²) in [6, 6.07) is 22.1. The average Bonchev–Trinajstić information content (AvgIpc) is 2.66. The molecule has 126 valence electrons. The van der Waals surface area contributed by atoms with E-state index in [9.17, 15) is 4.79 Å². The van der Waals surface area contributed by atoms with Crippen LogP contribution in [0.2, 0.25) is 0 Å². The molecule has 3 rings (SSSR count). The highest BCUT2D eigenvalue weighted by Gasteiger charge is 2.03. The topological polar surface area (TPSA) is 38.7 Å². The lowest BCUT2D eigenvalue weighted by Gasteiger charge is -2.03. The van der Waals surface area contributed by atoms with Gasteiger partial charge in [0.05, 0.1) is 13.7 Å². The fourth-order valence-corrected chi connectivity index (χ4v) is 2.83. The zero-order chi connectivity index (χ0) is 17.5. The van der Waals surface area contributed by atoms with Crippen LogP contribution in [-0.2, 0) is 17.6 Å². The second-order valence-corrected chi connectivity index (χ2v) is 5.93. The van der Waals surface area contributed by atoms with Crippen LogP contribution in [0.25, 0.3) is 10.8 Å². The Hall–Kier alpha value is -2.94. The molecule has 0 saturated carbocycles. The van der Waals surface area contributed by atoms with Crippen LogP contribution in [0.1, 0.15) is 11.1 Å². The molecule has 0 N–H and O–H groups in total. The standard InChI is InChI=1S/C22H21NO2/c1-25-21-11-9-17(10-12-21)15-20(24)16-23-14-13-19-7-4-6-18-5-2-3-8-22(18)19/h2-12,14H,13,15-16H2,1H3. The SMILES string of the molecule is COc1ccc(CC(=O)CN=CCc2cccc3ccccc23)cc1. The average molecular weight is 331 g/mol. The van der Waals surface area contributed by atoms with E-state index >= 15 is 0 Å². The van der Waals surface area contributed by atoms with E-state index in [2.05, 4.69) is 35.3 Å². The van der Waals surface area contributed by atoms with Gasteiger partial charge in [-0.15, -0.1) is 0 Å². The third-order valence-corrected chi connectivity index (χ3v) is 4.15. The van der Waals surface area contributed by atoms with Gasteiger partial charge < -0.3 is 4.74 Å². The van der Waals surface area contributed by atoms with Crippen molar-refractivity contribution < 1.29 is 9.53 Å². The van der Waals surface area contributed by atoms with Gasteiger partial charge in [0.2, 0.25) is 0 Å². The molecule has 0 fully saturated rings. The molecule has 3 aromatic rings. The Morgan fingerprint density at radius 2 is 1.76 bits per heavy atom. The van der Waals surface area contributed by atoms with Gasteiger partial charge in [0.25, 0.3) is 0 Å². The Balaban J connectivity index is 1.54. The van der Waals surface area contributed by atoms with Crippen molar-refractivity contribution in [3.8, 4) is 5.75 Å². The minimum atomic E-state index is 0.110. The van der Waals surface area contributed by atoms with Gasteiger partial charge in [0, 0.05) is 19.1 Å². The minimum Gasteiger partial charge on any atom is -0.497 e. The summed E-state index contributed by atoms with van der Waals surface area (Å²) in [6.07, 6.45) is 2.97. The molecule has 0 aliphatic heterocycles. The molecule has 25 heavy (non-hydrogen) atoms. The molecular formula is C22H21NO2. The second kappa shape index (κ2) is 8.25. The van der Waals surface area contributed by atoms with Crippen molar-refractivity contribution in [2.24, 2.45) is 4.99 Å². The van der Waals surface area contributed by atoms with Crippen LogP contribution in [0, 0.1) is 0 Å². The number of ether oxygens (including phenoxy) is 1. The third kappa shape index (κ3) is 4.54. The largest absolute Gasteiger partial charge is 0.497 e. The number of methoxy groups -OCH3 is 1. The summed E-state index contributed by atoms with van der Waals surface area (Å²) in [5.74, 6) is 0.906. The van der Waals surface area contributed by atoms with Crippen molar-refractivity contribution in [1.29, 1.82) is 0 Å². The van der Waals surface area contributed by atoms with Crippen LogP contribution in [0.4, 0.5) is 0 Å². The van der Waals surface area contributed by atoms with E-state index < -0.39 is 0 Å². The quantitative estimate of drug-likeness (QED) is 0.606. The molecule has 0 unspecified atom stereocenters. The molecule has 3 nitrogen and oxygen atoms in total. The lowest BCUT2D eigenvalue weighted by Crippen LogP contribution is -2.07. The highest BCUT2D eigenvalue weighted by molar-refractivity contribution is 5.88. The molecule has 0 amide bonds. The summed E-state index contributed by atoms with van der Waals surface area (Å²) in [5, 5.41) is 2.46. The highest BCUT2D eigenvalue weighted by Crippen LogP contribution is 2.18. The summed E-state index contributed by atoms with van der Waals surface area (Å²) in [5.41, 5.74) is 2.21. The van der Waals surface area contributed by atoms with E-state index in [1.165, 1.54) is 16.3 Å². The lowest BCUT2D eigenvalue weighted by molar-refractivity contribution is -0.117. The molecule has 0 radical (unpaired) electrons. The first-order valence-electron chi connectivity index (χ1n) is 8.36. The van der Waals surface area contributed by atoms with Crippen LogP contribution in [0.5, 0.6) is 5.75 Å². The van der Waals surface area contributed by atoms with Gasteiger partial charge in [0.15, 0.2) is 5.78 Å². The maximum atomic E-state index is 12.0. The molecule has 0 atom stereocenters. The number of hydrogen-bond acceptors (Lipinski definition) is 3. The number of aliphatic imine (C=N–C) groups is 1. The van der Waals surface area contributed by atoms with Gasteiger partial charge in [-0.2, -0.15) is 0 Å². The van der Waals surface area contributed by atoms with Crippen molar-refractivity contribution in [1.82, 2.24) is 0 Å². The lowest BCUT2D eigenvalue weighted by atomic mass is 10.0. The van der Waals surface area contributed by atoms with Crippen LogP contribution in [0.15, 0.2) is 71.7 Å². The highest BCUT2D eigenvalue weighted by atomic mass is 16.5. The van der Waals surface area contributed by atoms with E-state index in [1.807, 2.05) is 42.6 Å². The Labute approximate surface area is 148 Å². The normalized spacial score (nSPS) is 11.1. The molecule has 0 aliphatic rings. The number of hydrogen-bond donors (Lipinski definition) is 0. The van der Waals surface area contributed by atoms with Gasteiger partial charge >= 0.3 is 0 Å². The number of Topliss-reactive ketones (excluding diaryl/α,β-unsaturated/α-hetero) is 1. The molecule has 0 saturated heterocycles. The monoisotopic (exact) mass is 331 g/mol. The van der Waals surface area contributed by atoms with E-state index in [4.69, 9.17) is 4.74 Å². The van der Waals surface area contributed by atoms with Gasteiger partial charge in [-0.25, -0.2) is 0 Å². The number of rotatable bonds is 7. The molecule has 0 aliphatic carbocycles. The zero-order valence-electron chi connectivity index (χ0n) is 14.3. The first-order chi connectivity index (χ1) is 12.3. The summed E-state index contributed by atoms with van der Waals surface area (Å²) in [4.78, 5) is 16.3. The molecule has 0 bridgehead atoms. The second-order valence-electron chi connectivity index (χ2n) is 5.93. The van der Waals surface area contributed by atoms with Crippen molar-refractivity contribution in [3.05, 3.63) is 77.9 Å². The fourth-order valence-electron chi connectivity index (χ4n) is 2.83. The number of benzene rings is 3. The van der Waals surface area contributed by atoms with Crippen molar-refractivity contribution in [3.63, 3.8) is 0 Å². The van der Waals surface area contributed by atoms with Gasteiger partial charge in [-0.05, 0) is 34.0 Å². The number of ketones is 1. The summed E-state index contributed by atoms with van der Waals surface area (Å²) >= 11 is 0. The van der Waals surface area contributed by atoms with E-state index in [0.29, 0.717) is 6.42 Å². The number of nitrogens with zero attached hydrogens (tertiary/aromatic N) is 1. The first-order valence-corrected chi connectivity index (χ1v) is 8.36. The first kappa shape index (κ1) is 16.9. The molecule has 0 spiro atoms. The summed E-state index contributed by atoms with van der Waals surface area (Å²) < 4.78 is 5.12.